The zero-order chi connectivity index (χ0) is 9.42. The van der Waals surface area contributed by atoms with Gasteiger partial charge in [0.05, 0.1) is 15.0 Å². The van der Waals surface area contributed by atoms with Crippen LogP contribution in [0, 0.1) is 0 Å². The van der Waals surface area contributed by atoms with E-state index >= 15 is 0 Å². The van der Waals surface area contributed by atoms with Crippen molar-refractivity contribution in [1.29, 1.82) is 0 Å². The zero-order valence-electron chi connectivity index (χ0n) is 6.47. The number of hydrogen-bond acceptors (Lipinski definition) is 1. The van der Waals surface area contributed by atoms with Gasteiger partial charge in [-0.1, -0.05) is 11.6 Å². The van der Waals surface area contributed by atoms with Crippen molar-refractivity contribution in [2.75, 3.05) is 0 Å². The standard InChI is InChI=1S/C9H5BrClNO/c10-8-6(11)2-1-5-7(13)3-4-12-9(5)8/h1-4H,(H,12,13). The van der Waals surface area contributed by atoms with E-state index in [0.717, 1.165) is 9.99 Å². The summed E-state index contributed by atoms with van der Waals surface area (Å²) in [5.74, 6) is 0. The average molecular weight is 259 g/mol. The number of benzene rings is 1. The Bertz CT molecular complexity index is 520. The van der Waals surface area contributed by atoms with Gasteiger partial charge >= 0.3 is 0 Å². The molecular formula is C9H5BrClNO. The number of rotatable bonds is 0. The minimum atomic E-state index is -0.00823. The Hall–Kier alpha value is -0.800. The first-order chi connectivity index (χ1) is 6.20. The van der Waals surface area contributed by atoms with E-state index in [-0.39, 0.29) is 5.43 Å². The molecule has 0 radical (unpaired) electrons. The molecule has 1 heterocycles. The fourth-order valence-electron chi connectivity index (χ4n) is 1.19. The summed E-state index contributed by atoms with van der Waals surface area (Å²) >= 11 is 9.18. The second-order valence-electron chi connectivity index (χ2n) is 2.63. The minimum absolute atomic E-state index is 0.00823. The van der Waals surface area contributed by atoms with Crippen LogP contribution in [0.5, 0.6) is 0 Å². The van der Waals surface area contributed by atoms with Crippen molar-refractivity contribution >= 4 is 38.4 Å². The molecule has 0 aliphatic heterocycles. The van der Waals surface area contributed by atoms with Crippen LogP contribution in [0.4, 0.5) is 0 Å². The second-order valence-corrected chi connectivity index (χ2v) is 3.83. The van der Waals surface area contributed by atoms with Crippen LogP contribution in [0.25, 0.3) is 10.9 Å². The third kappa shape index (κ3) is 1.38. The van der Waals surface area contributed by atoms with Crippen molar-refractivity contribution in [1.82, 2.24) is 4.98 Å². The maximum atomic E-state index is 11.4. The van der Waals surface area contributed by atoms with Gasteiger partial charge in [-0.05, 0) is 28.1 Å². The quantitative estimate of drug-likeness (QED) is 0.774. The summed E-state index contributed by atoms with van der Waals surface area (Å²) in [4.78, 5) is 14.3. The lowest BCUT2D eigenvalue weighted by atomic mass is 10.2. The highest BCUT2D eigenvalue weighted by Crippen LogP contribution is 2.27. The Kier molecular flexibility index (Phi) is 2.14. The predicted octanol–water partition coefficient (Wildman–Crippen LogP) is 2.94. The molecule has 0 saturated carbocycles. The topological polar surface area (TPSA) is 32.9 Å². The molecule has 0 amide bonds. The van der Waals surface area contributed by atoms with Gasteiger partial charge in [-0.2, -0.15) is 0 Å². The first kappa shape index (κ1) is 8.78. The van der Waals surface area contributed by atoms with Crippen molar-refractivity contribution in [2.24, 2.45) is 0 Å². The van der Waals surface area contributed by atoms with Crippen LogP contribution in [0.1, 0.15) is 0 Å². The van der Waals surface area contributed by atoms with Gasteiger partial charge in [0.2, 0.25) is 0 Å². The summed E-state index contributed by atoms with van der Waals surface area (Å²) in [6, 6.07) is 4.90. The highest BCUT2D eigenvalue weighted by atomic mass is 79.9. The minimum Gasteiger partial charge on any atom is -0.360 e. The molecule has 0 bridgehead atoms. The number of fused-ring (bicyclic) bond motifs is 1. The fraction of sp³-hybridized carbons (Fsp3) is 0. The van der Waals surface area contributed by atoms with Crippen LogP contribution >= 0.6 is 27.5 Å². The molecule has 0 spiro atoms. The monoisotopic (exact) mass is 257 g/mol. The van der Waals surface area contributed by atoms with Crippen LogP contribution in [0.2, 0.25) is 5.02 Å². The van der Waals surface area contributed by atoms with Crippen LogP contribution in [0.3, 0.4) is 0 Å². The number of H-pyrrole nitrogens is 1. The van der Waals surface area contributed by atoms with Crippen molar-refractivity contribution in [3.8, 4) is 0 Å². The Morgan fingerprint density at radius 2 is 2.08 bits per heavy atom. The van der Waals surface area contributed by atoms with Crippen LogP contribution in [-0.2, 0) is 0 Å². The van der Waals surface area contributed by atoms with E-state index in [1.165, 1.54) is 6.07 Å². The molecule has 1 aromatic carbocycles. The predicted molar refractivity (Wildman–Crippen MR) is 57.3 cm³/mol. The molecule has 0 atom stereocenters. The maximum absolute atomic E-state index is 11.4. The van der Waals surface area contributed by atoms with Gasteiger partial charge in [-0.25, -0.2) is 0 Å². The van der Waals surface area contributed by atoms with Gasteiger partial charge in [0.25, 0.3) is 0 Å². The van der Waals surface area contributed by atoms with Crippen molar-refractivity contribution in [2.45, 2.75) is 0 Å². The highest BCUT2D eigenvalue weighted by Gasteiger charge is 2.04. The van der Waals surface area contributed by atoms with E-state index < -0.39 is 0 Å². The van der Waals surface area contributed by atoms with E-state index in [4.69, 9.17) is 11.6 Å². The van der Waals surface area contributed by atoms with Crippen LogP contribution in [-0.4, -0.2) is 4.98 Å². The molecular weight excluding hydrogens is 253 g/mol. The average Bonchev–Trinajstić information content (AvgIpc) is 2.12. The Balaban J connectivity index is 3.03. The molecule has 66 valence electrons. The molecule has 2 aromatic rings. The van der Waals surface area contributed by atoms with Gasteiger partial charge in [-0.15, -0.1) is 0 Å². The van der Waals surface area contributed by atoms with E-state index in [1.807, 2.05) is 0 Å². The van der Waals surface area contributed by atoms with Gasteiger partial charge in [-0.3, -0.25) is 4.79 Å². The molecule has 0 aliphatic rings. The number of aromatic amines is 1. The first-order valence-corrected chi connectivity index (χ1v) is 4.82. The number of aromatic nitrogens is 1. The van der Waals surface area contributed by atoms with Gasteiger partial charge in [0.1, 0.15) is 0 Å². The third-order valence-corrected chi connectivity index (χ3v) is 3.19. The Labute approximate surface area is 87.7 Å². The Morgan fingerprint density at radius 1 is 1.31 bits per heavy atom. The number of nitrogens with one attached hydrogen (secondary N) is 1. The summed E-state index contributed by atoms with van der Waals surface area (Å²) in [5, 5.41) is 1.23. The van der Waals surface area contributed by atoms with Crippen LogP contribution < -0.4 is 5.43 Å². The van der Waals surface area contributed by atoms with E-state index in [2.05, 4.69) is 20.9 Å². The lowest BCUT2D eigenvalue weighted by molar-refractivity contribution is 1.38. The van der Waals surface area contributed by atoms with E-state index in [0.29, 0.717) is 10.4 Å². The summed E-state index contributed by atoms with van der Waals surface area (Å²) in [6.45, 7) is 0. The number of pyridine rings is 1. The summed E-state index contributed by atoms with van der Waals surface area (Å²) in [5.41, 5.74) is 0.728. The SMILES string of the molecule is O=c1cc[nH]c2c(Br)c(Cl)ccc12. The lowest BCUT2D eigenvalue weighted by Crippen LogP contribution is -1.99. The third-order valence-electron chi connectivity index (χ3n) is 1.82. The lowest BCUT2D eigenvalue weighted by Gasteiger charge is -2.00. The second kappa shape index (κ2) is 3.16. The molecule has 0 unspecified atom stereocenters. The maximum Gasteiger partial charge on any atom is 0.189 e. The van der Waals surface area contributed by atoms with Gasteiger partial charge in [0, 0.05) is 17.6 Å². The molecule has 4 heteroatoms. The van der Waals surface area contributed by atoms with Crippen molar-refractivity contribution in [3.63, 3.8) is 0 Å². The zero-order valence-corrected chi connectivity index (χ0v) is 8.82. The summed E-state index contributed by atoms with van der Waals surface area (Å²) < 4.78 is 0.726. The van der Waals surface area contributed by atoms with E-state index in [1.54, 1.807) is 18.3 Å². The van der Waals surface area contributed by atoms with Crippen molar-refractivity contribution < 1.29 is 0 Å². The first-order valence-electron chi connectivity index (χ1n) is 3.65. The largest absolute Gasteiger partial charge is 0.360 e. The smallest absolute Gasteiger partial charge is 0.189 e. The molecule has 1 aromatic heterocycles. The fourth-order valence-corrected chi connectivity index (χ4v) is 1.81. The van der Waals surface area contributed by atoms with Crippen LogP contribution in [0.15, 0.2) is 33.7 Å². The molecule has 1 N–H and O–H groups in total. The van der Waals surface area contributed by atoms with Gasteiger partial charge in [0.15, 0.2) is 5.43 Å². The Morgan fingerprint density at radius 3 is 2.85 bits per heavy atom. The number of hydrogen-bond donors (Lipinski definition) is 1. The summed E-state index contributed by atoms with van der Waals surface area (Å²) in [6.07, 6.45) is 1.60. The summed E-state index contributed by atoms with van der Waals surface area (Å²) in [7, 11) is 0. The number of halogens is 2. The van der Waals surface area contributed by atoms with Gasteiger partial charge < -0.3 is 4.98 Å². The molecule has 0 saturated heterocycles. The van der Waals surface area contributed by atoms with E-state index in [9.17, 15) is 4.79 Å². The molecule has 2 rings (SSSR count). The normalized spacial score (nSPS) is 10.6. The highest BCUT2D eigenvalue weighted by molar-refractivity contribution is 9.10. The molecule has 0 fully saturated rings. The van der Waals surface area contributed by atoms with Crippen molar-refractivity contribution in [3.05, 3.63) is 44.1 Å². The molecule has 13 heavy (non-hydrogen) atoms. The molecule has 0 aliphatic carbocycles. The molecule has 2 nitrogen and oxygen atoms in total.